The molecule has 2 aromatic rings. The summed E-state index contributed by atoms with van der Waals surface area (Å²) in [6, 6.07) is 20.1. The van der Waals surface area contributed by atoms with Gasteiger partial charge in [0.15, 0.2) is 0 Å². The van der Waals surface area contributed by atoms with E-state index in [0.29, 0.717) is 18.1 Å². The van der Waals surface area contributed by atoms with Crippen molar-refractivity contribution >= 4 is 5.91 Å². The van der Waals surface area contributed by atoms with Crippen LogP contribution >= 0.6 is 0 Å². The van der Waals surface area contributed by atoms with Gasteiger partial charge in [-0.05, 0) is 50.3 Å². The number of aryl methyl sites for hydroxylation is 1. The third-order valence-electron chi connectivity index (χ3n) is 5.95. The molecule has 2 bridgehead atoms. The van der Waals surface area contributed by atoms with Crippen LogP contribution in [0, 0.1) is 6.92 Å². The lowest BCUT2D eigenvalue weighted by Gasteiger charge is -2.49. The average molecular weight is 348 g/mol. The minimum absolute atomic E-state index is 0.0771. The van der Waals surface area contributed by atoms with Gasteiger partial charge in [0.25, 0.3) is 5.91 Å². The van der Waals surface area contributed by atoms with Gasteiger partial charge < -0.3 is 5.32 Å². The van der Waals surface area contributed by atoms with Crippen LogP contribution < -0.4 is 5.32 Å². The molecule has 0 unspecified atom stereocenters. The molecule has 2 aliphatic rings. The number of amides is 1. The molecule has 2 fully saturated rings. The Kier molecular flexibility index (Phi) is 5.07. The van der Waals surface area contributed by atoms with Gasteiger partial charge in [-0.3, -0.25) is 9.69 Å². The highest BCUT2D eigenvalue weighted by Crippen LogP contribution is 2.35. The molecule has 4 rings (SSSR count). The van der Waals surface area contributed by atoms with Crippen LogP contribution in [0.1, 0.15) is 53.6 Å². The van der Waals surface area contributed by atoms with Crippen molar-refractivity contribution in [3.8, 4) is 0 Å². The third-order valence-corrected chi connectivity index (χ3v) is 5.95. The number of fused-ring (bicyclic) bond motifs is 2. The first-order chi connectivity index (χ1) is 12.7. The molecule has 2 heterocycles. The molecule has 2 aliphatic heterocycles. The largest absolute Gasteiger partial charge is 0.349 e. The number of carbonyl (C=O) groups is 1. The van der Waals surface area contributed by atoms with Gasteiger partial charge in [-0.15, -0.1) is 0 Å². The van der Waals surface area contributed by atoms with E-state index in [1.807, 2.05) is 31.2 Å². The molecule has 2 atom stereocenters. The quantitative estimate of drug-likeness (QED) is 0.893. The first kappa shape index (κ1) is 17.3. The molecule has 0 aromatic heterocycles. The van der Waals surface area contributed by atoms with Crippen LogP contribution in [0.5, 0.6) is 0 Å². The first-order valence-electron chi connectivity index (χ1n) is 9.86. The molecule has 1 N–H and O–H groups in total. The highest BCUT2D eigenvalue weighted by Gasteiger charge is 2.38. The van der Waals surface area contributed by atoms with E-state index in [4.69, 9.17) is 0 Å². The number of nitrogens with zero attached hydrogens (tertiary/aromatic N) is 1. The Morgan fingerprint density at radius 3 is 2.46 bits per heavy atom. The Morgan fingerprint density at radius 2 is 1.77 bits per heavy atom. The zero-order valence-corrected chi connectivity index (χ0v) is 15.5. The van der Waals surface area contributed by atoms with Gasteiger partial charge in [-0.2, -0.15) is 0 Å². The van der Waals surface area contributed by atoms with Gasteiger partial charge >= 0.3 is 0 Å². The predicted octanol–water partition coefficient (Wildman–Crippen LogP) is 4.31. The zero-order valence-electron chi connectivity index (χ0n) is 15.5. The molecule has 0 spiro atoms. The number of piperidine rings is 2. The van der Waals surface area contributed by atoms with E-state index >= 15 is 0 Å². The Labute approximate surface area is 156 Å². The first-order valence-corrected chi connectivity index (χ1v) is 9.86. The number of benzene rings is 2. The summed E-state index contributed by atoms with van der Waals surface area (Å²) in [5.41, 5.74) is 3.31. The number of hydrogen-bond donors (Lipinski definition) is 1. The number of carbonyl (C=O) groups excluding carboxylic acids is 1. The summed E-state index contributed by atoms with van der Waals surface area (Å²) >= 11 is 0. The molecular weight excluding hydrogens is 320 g/mol. The molecule has 0 radical (unpaired) electrons. The summed E-state index contributed by atoms with van der Waals surface area (Å²) in [5, 5.41) is 3.31. The Bertz CT molecular complexity index is 744. The summed E-state index contributed by atoms with van der Waals surface area (Å²) < 4.78 is 0. The molecule has 3 nitrogen and oxygen atoms in total. The number of nitrogens with one attached hydrogen (secondary N) is 1. The minimum Gasteiger partial charge on any atom is -0.349 e. The lowest BCUT2D eigenvalue weighted by Crippen LogP contribution is -2.56. The summed E-state index contributed by atoms with van der Waals surface area (Å²) in [4.78, 5) is 15.3. The highest BCUT2D eigenvalue weighted by molar-refractivity contribution is 5.94. The van der Waals surface area contributed by atoms with Gasteiger partial charge in [-0.1, -0.05) is 54.4 Å². The van der Waals surface area contributed by atoms with Crippen molar-refractivity contribution in [3.05, 3.63) is 71.3 Å². The van der Waals surface area contributed by atoms with Crippen LogP contribution in [-0.2, 0) is 6.54 Å². The maximum atomic E-state index is 12.6. The molecule has 0 aliphatic carbocycles. The summed E-state index contributed by atoms with van der Waals surface area (Å²) in [7, 11) is 0. The van der Waals surface area contributed by atoms with E-state index in [2.05, 4.69) is 40.5 Å². The van der Waals surface area contributed by atoms with Gasteiger partial charge in [0.05, 0.1) is 0 Å². The molecule has 2 aromatic carbocycles. The van der Waals surface area contributed by atoms with E-state index in [9.17, 15) is 4.79 Å². The van der Waals surface area contributed by atoms with E-state index in [1.165, 1.54) is 24.8 Å². The highest BCUT2D eigenvalue weighted by atomic mass is 16.1. The van der Waals surface area contributed by atoms with Crippen LogP contribution in [-0.4, -0.2) is 28.9 Å². The molecule has 2 saturated heterocycles. The van der Waals surface area contributed by atoms with Crippen LogP contribution in [0.25, 0.3) is 0 Å². The van der Waals surface area contributed by atoms with Crippen LogP contribution in [0.2, 0.25) is 0 Å². The average Bonchev–Trinajstić information content (AvgIpc) is 2.63. The van der Waals surface area contributed by atoms with E-state index < -0.39 is 0 Å². The monoisotopic (exact) mass is 348 g/mol. The Balaban J connectivity index is 1.42. The van der Waals surface area contributed by atoms with Crippen molar-refractivity contribution in [3.63, 3.8) is 0 Å². The summed E-state index contributed by atoms with van der Waals surface area (Å²) in [6.07, 6.45) is 5.96. The van der Waals surface area contributed by atoms with Crippen molar-refractivity contribution in [2.24, 2.45) is 0 Å². The van der Waals surface area contributed by atoms with Crippen molar-refractivity contribution in [1.82, 2.24) is 10.2 Å². The zero-order chi connectivity index (χ0) is 17.9. The second-order valence-electron chi connectivity index (χ2n) is 7.91. The second-order valence-corrected chi connectivity index (χ2v) is 7.91. The molecule has 1 amide bonds. The molecule has 136 valence electrons. The van der Waals surface area contributed by atoms with Gasteiger partial charge in [0.1, 0.15) is 0 Å². The molecular formula is C23H28N2O. The number of rotatable bonds is 4. The third kappa shape index (κ3) is 3.83. The lowest BCUT2D eigenvalue weighted by atomic mass is 9.81. The van der Waals surface area contributed by atoms with E-state index in [0.717, 1.165) is 30.5 Å². The fraction of sp³-hybridized carbons (Fsp3) is 0.435. The Morgan fingerprint density at radius 1 is 1.04 bits per heavy atom. The van der Waals surface area contributed by atoms with Gasteiger partial charge in [0.2, 0.25) is 0 Å². The van der Waals surface area contributed by atoms with Crippen LogP contribution in [0.15, 0.2) is 54.6 Å². The van der Waals surface area contributed by atoms with Crippen molar-refractivity contribution < 1.29 is 4.79 Å². The number of hydrogen-bond acceptors (Lipinski definition) is 2. The van der Waals surface area contributed by atoms with Gasteiger partial charge in [-0.25, -0.2) is 0 Å². The van der Waals surface area contributed by atoms with E-state index in [1.54, 1.807) is 0 Å². The van der Waals surface area contributed by atoms with Crippen molar-refractivity contribution in [2.75, 3.05) is 0 Å². The van der Waals surface area contributed by atoms with Crippen LogP contribution in [0.4, 0.5) is 0 Å². The fourth-order valence-corrected chi connectivity index (χ4v) is 4.70. The van der Waals surface area contributed by atoms with Crippen molar-refractivity contribution in [2.45, 2.75) is 63.7 Å². The van der Waals surface area contributed by atoms with Crippen molar-refractivity contribution in [1.29, 1.82) is 0 Å². The second kappa shape index (κ2) is 7.63. The Hall–Kier alpha value is -2.13. The predicted molar refractivity (Wildman–Crippen MR) is 105 cm³/mol. The SMILES string of the molecule is Cc1cccc(C(=O)NC2C[C@@H]3CCC[C@@H](C2)N3Cc2ccccc2)c1. The summed E-state index contributed by atoms with van der Waals surface area (Å²) in [6.45, 7) is 3.07. The van der Waals surface area contributed by atoms with Crippen LogP contribution in [0.3, 0.4) is 0 Å². The maximum Gasteiger partial charge on any atom is 0.251 e. The maximum absolute atomic E-state index is 12.6. The molecule has 3 heteroatoms. The smallest absolute Gasteiger partial charge is 0.251 e. The molecule has 0 saturated carbocycles. The standard InChI is InChI=1S/C23H28N2O/c1-17-7-5-10-19(13-17)23(26)24-20-14-21-11-6-12-22(15-20)25(21)16-18-8-3-2-4-9-18/h2-5,7-10,13,20-22H,6,11-12,14-16H2,1H3,(H,24,26)/t21-,22-/m0/s1. The van der Waals surface area contributed by atoms with E-state index in [-0.39, 0.29) is 5.91 Å². The fourth-order valence-electron chi connectivity index (χ4n) is 4.70. The topological polar surface area (TPSA) is 32.3 Å². The van der Waals surface area contributed by atoms with Gasteiger partial charge in [0, 0.05) is 30.2 Å². The lowest BCUT2D eigenvalue weighted by molar-refractivity contribution is 0.0177. The minimum atomic E-state index is 0.0771. The summed E-state index contributed by atoms with van der Waals surface area (Å²) in [5.74, 6) is 0.0771. The normalized spacial score (nSPS) is 25.7. The molecule has 26 heavy (non-hydrogen) atoms.